The van der Waals surface area contributed by atoms with Crippen LogP contribution in [0.3, 0.4) is 0 Å². The summed E-state index contributed by atoms with van der Waals surface area (Å²) < 4.78 is 0. The van der Waals surface area contributed by atoms with Gasteiger partial charge in [-0.25, -0.2) is 0 Å². The summed E-state index contributed by atoms with van der Waals surface area (Å²) in [7, 11) is 0. The van der Waals surface area contributed by atoms with Crippen LogP contribution in [0.5, 0.6) is 0 Å². The van der Waals surface area contributed by atoms with Crippen molar-refractivity contribution >= 4 is 17.2 Å². The molecule has 0 bridgehead atoms. The van der Waals surface area contributed by atoms with Gasteiger partial charge in [0, 0.05) is 5.56 Å². The van der Waals surface area contributed by atoms with Gasteiger partial charge in [0.2, 0.25) is 0 Å². The van der Waals surface area contributed by atoms with Crippen LogP contribution in [0.25, 0.3) is 5.57 Å². The van der Waals surface area contributed by atoms with Crippen molar-refractivity contribution in [2.24, 2.45) is 0 Å². The average molecular weight is 269 g/mol. The molecule has 0 radical (unpaired) electrons. The van der Waals surface area contributed by atoms with E-state index in [9.17, 15) is 4.79 Å². The maximum absolute atomic E-state index is 12.5. The third-order valence-corrected chi connectivity index (χ3v) is 3.95. The quantitative estimate of drug-likeness (QED) is 0.692. The molecule has 1 aliphatic rings. The molecule has 0 N–H and O–H groups in total. The van der Waals surface area contributed by atoms with E-state index in [4.69, 9.17) is 0 Å². The van der Waals surface area contributed by atoms with E-state index >= 15 is 0 Å². The predicted molar refractivity (Wildman–Crippen MR) is 85.9 cm³/mol. The van der Waals surface area contributed by atoms with E-state index in [2.05, 4.69) is 52.8 Å². The molecule has 1 amide bonds. The van der Waals surface area contributed by atoms with Crippen LogP contribution < -0.4 is 4.90 Å². The second-order valence-electron chi connectivity index (χ2n) is 6.11. The molecule has 1 aromatic rings. The van der Waals surface area contributed by atoms with Crippen molar-refractivity contribution in [3.05, 3.63) is 47.1 Å². The first-order valence-corrected chi connectivity index (χ1v) is 7.06. The molecule has 2 rings (SSSR count). The van der Waals surface area contributed by atoms with Gasteiger partial charge in [0.15, 0.2) is 0 Å². The molecular formula is C18H23NO. The Hall–Kier alpha value is -1.83. The number of allylic oxidation sites excluding steroid dienone is 2. The molecule has 1 heterocycles. The van der Waals surface area contributed by atoms with Crippen molar-refractivity contribution in [1.29, 1.82) is 0 Å². The Kier molecular flexibility index (Phi) is 3.59. The number of hydrogen-bond donors (Lipinski definition) is 0. The molecule has 0 saturated carbocycles. The van der Waals surface area contributed by atoms with Crippen LogP contribution in [0.15, 0.2) is 30.4 Å². The third-order valence-electron chi connectivity index (χ3n) is 3.95. The summed E-state index contributed by atoms with van der Waals surface area (Å²) in [4.78, 5) is 14.4. The van der Waals surface area contributed by atoms with Gasteiger partial charge in [-0.2, -0.15) is 0 Å². The fourth-order valence-corrected chi connectivity index (χ4v) is 2.90. The average Bonchev–Trinajstić information content (AvgIpc) is 2.31. The molecule has 0 aliphatic carbocycles. The topological polar surface area (TPSA) is 20.3 Å². The number of carbonyl (C=O) groups excluding carboxylic acids is 1. The number of fused-ring (bicyclic) bond motifs is 1. The Morgan fingerprint density at radius 3 is 2.35 bits per heavy atom. The molecule has 0 spiro atoms. The molecule has 2 heteroatoms. The molecule has 106 valence electrons. The Morgan fingerprint density at radius 2 is 1.75 bits per heavy atom. The van der Waals surface area contributed by atoms with Crippen LogP contribution in [-0.2, 0) is 4.79 Å². The minimum absolute atomic E-state index is 0.0331. The molecule has 1 aliphatic heterocycles. The van der Waals surface area contributed by atoms with Gasteiger partial charge in [0.1, 0.15) is 0 Å². The Balaban J connectivity index is 2.70. The summed E-state index contributed by atoms with van der Waals surface area (Å²) in [5, 5.41) is 0. The first kappa shape index (κ1) is 14.6. The summed E-state index contributed by atoms with van der Waals surface area (Å²) in [6, 6.07) is 4.31. The monoisotopic (exact) mass is 269 g/mol. The number of carbonyl (C=O) groups is 1. The van der Waals surface area contributed by atoms with Crippen molar-refractivity contribution in [2.75, 3.05) is 4.90 Å². The fraction of sp³-hybridized carbons (Fsp3) is 0.389. The lowest BCUT2D eigenvalue weighted by Crippen LogP contribution is -2.48. The largest absolute Gasteiger partial charge is 0.299 e. The zero-order chi connectivity index (χ0) is 15.1. The smallest absolute Gasteiger partial charge is 0.251 e. The van der Waals surface area contributed by atoms with Gasteiger partial charge in [-0.3, -0.25) is 9.69 Å². The van der Waals surface area contributed by atoms with Crippen molar-refractivity contribution in [3.8, 4) is 0 Å². The molecular weight excluding hydrogens is 246 g/mol. The van der Waals surface area contributed by atoms with E-state index in [-0.39, 0.29) is 11.4 Å². The van der Waals surface area contributed by atoms with E-state index < -0.39 is 0 Å². The number of benzene rings is 1. The van der Waals surface area contributed by atoms with E-state index in [1.165, 1.54) is 16.7 Å². The molecule has 20 heavy (non-hydrogen) atoms. The molecule has 0 atom stereocenters. The molecule has 0 fully saturated rings. The number of nitrogens with zero attached hydrogens (tertiary/aromatic N) is 1. The number of amides is 1. The predicted octanol–water partition coefficient (Wildman–Crippen LogP) is 4.41. The zero-order valence-electron chi connectivity index (χ0n) is 13.2. The SMILES string of the molecule is CC=CC(=O)N1c2cc(C)c(C)cc2C(C)=CC1(C)C. The number of rotatable bonds is 1. The van der Waals surface area contributed by atoms with Crippen LogP contribution in [0.2, 0.25) is 0 Å². The fourth-order valence-electron chi connectivity index (χ4n) is 2.90. The van der Waals surface area contributed by atoms with E-state index in [0.717, 1.165) is 11.3 Å². The lowest BCUT2D eigenvalue weighted by atomic mass is 9.87. The minimum Gasteiger partial charge on any atom is -0.299 e. The molecule has 0 saturated heterocycles. The molecule has 1 aromatic carbocycles. The maximum atomic E-state index is 12.5. The number of anilines is 1. The van der Waals surface area contributed by atoms with Crippen LogP contribution in [0.1, 0.15) is 44.4 Å². The third kappa shape index (κ3) is 2.31. The second-order valence-corrected chi connectivity index (χ2v) is 6.11. The molecule has 0 aromatic heterocycles. The standard InChI is InChI=1S/C18H23NO/c1-7-8-17(20)19-16-10-13(3)12(2)9-15(16)14(4)11-18(19,5)6/h7-11H,1-6H3. The number of hydrogen-bond acceptors (Lipinski definition) is 1. The van der Waals surface area contributed by atoms with Gasteiger partial charge >= 0.3 is 0 Å². The first-order valence-electron chi connectivity index (χ1n) is 7.06. The van der Waals surface area contributed by atoms with Crippen molar-refractivity contribution < 1.29 is 4.79 Å². The Labute approximate surface area is 121 Å². The van der Waals surface area contributed by atoms with E-state index in [0.29, 0.717) is 0 Å². The summed E-state index contributed by atoms with van der Waals surface area (Å²) in [6.45, 7) is 12.4. The van der Waals surface area contributed by atoms with Gasteiger partial charge in [-0.05, 0) is 76.5 Å². The van der Waals surface area contributed by atoms with Gasteiger partial charge in [-0.15, -0.1) is 0 Å². The highest BCUT2D eigenvalue weighted by molar-refractivity contribution is 6.06. The van der Waals surface area contributed by atoms with E-state index in [1.54, 1.807) is 12.2 Å². The van der Waals surface area contributed by atoms with E-state index in [1.807, 2.05) is 11.8 Å². The highest BCUT2D eigenvalue weighted by Crippen LogP contribution is 2.40. The minimum atomic E-state index is -0.310. The van der Waals surface area contributed by atoms with Gasteiger partial charge < -0.3 is 0 Å². The Morgan fingerprint density at radius 1 is 1.15 bits per heavy atom. The lowest BCUT2D eigenvalue weighted by molar-refractivity contribution is -0.114. The summed E-state index contributed by atoms with van der Waals surface area (Å²) >= 11 is 0. The lowest BCUT2D eigenvalue weighted by Gasteiger charge is -2.41. The van der Waals surface area contributed by atoms with Crippen LogP contribution in [-0.4, -0.2) is 11.4 Å². The van der Waals surface area contributed by atoms with Crippen molar-refractivity contribution in [3.63, 3.8) is 0 Å². The summed E-state index contributed by atoms with van der Waals surface area (Å²) in [5.74, 6) is 0.0331. The molecule has 0 unspecified atom stereocenters. The highest BCUT2D eigenvalue weighted by Gasteiger charge is 2.34. The van der Waals surface area contributed by atoms with Crippen molar-refractivity contribution in [1.82, 2.24) is 0 Å². The Bertz CT molecular complexity index is 621. The van der Waals surface area contributed by atoms with Gasteiger partial charge in [0.25, 0.3) is 5.91 Å². The van der Waals surface area contributed by atoms with Crippen LogP contribution in [0.4, 0.5) is 5.69 Å². The zero-order valence-corrected chi connectivity index (χ0v) is 13.2. The van der Waals surface area contributed by atoms with Crippen molar-refractivity contribution in [2.45, 2.75) is 47.1 Å². The first-order chi connectivity index (χ1) is 9.27. The maximum Gasteiger partial charge on any atom is 0.251 e. The van der Waals surface area contributed by atoms with Crippen LogP contribution in [0, 0.1) is 13.8 Å². The second kappa shape index (κ2) is 4.93. The summed E-state index contributed by atoms with van der Waals surface area (Å²) in [5.41, 5.74) is 5.57. The van der Waals surface area contributed by atoms with Gasteiger partial charge in [0.05, 0.1) is 11.2 Å². The van der Waals surface area contributed by atoms with Gasteiger partial charge in [-0.1, -0.05) is 12.2 Å². The molecule has 2 nitrogen and oxygen atoms in total. The normalized spacial score (nSPS) is 17.1. The number of aryl methyl sites for hydroxylation is 2. The summed E-state index contributed by atoms with van der Waals surface area (Å²) in [6.07, 6.45) is 5.60. The highest BCUT2D eigenvalue weighted by atomic mass is 16.2. The van der Waals surface area contributed by atoms with Crippen LogP contribution >= 0.6 is 0 Å².